The first-order valence-corrected chi connectivity index (χ1v) is 13.2. The third-order valence-electron chi connectivity index (χ3n) is 7.11. The summed E-state index contributed by atoms with van der Waals surface area (Å²) >= 11 is 0. The third kappa shape index (κ3) is 6.64. The molecule has 2 aromatic carbocycles. The monoisotopic (exact) mass is 487 g/mol. The predicted molar refractivity (Wildman–Crippen MR) is 141 cm³/mol. The van der Waals surface area contributed by atoms with Crippen LogP contribution < -0.4 is 0 Å². The van der Waals surface area contributed by atoms with Crippen LogP contribution in [-0.4, -0.2) is 100 Å². The first kappa shape index (κ1) is 24.8. The molecule has 3 heterocycles. The molecule has 5 rings (SSSR count). The second kappa shape index (κ2) is 12.9. The molecule has 2 fully saturated rings. The molecule has 1 atom stereocenters. The van der Waals surface area contributed by atoms with Gasteiger partial charge in [0.05, 0.1) is 19.3 Å². The van der Waals surface area contributed by atoms with E-state index in [0.717, 1.165) is 84.4 Å². The highest BCUT2D eigenvalue weighted by Gasteiger charge is 2.30. The Morgan fingerprint density at radius 3 is 2.28 bits per heavy atom. The molecule has 0 unspecified atom stereocenters. The average Bonchev–Trinajstić information content (AvgIpc) is 3.39. The Morgan fingerprint density at radius 1 is 0.806 bits per heavy atom. The van der Waals surface area contributed by atoms with E-state index in [1.165, 1.54) is 11.1 Å². The van der Waals surface area contributed by atoms with Crippen molar-refractivity contribution in [3.8, 4) is 0 Å². The highest BCUT2D eigenvalue weighted by Crippen LogP contribution is 2.28. The molecule has 0 aliphatic carbocycles. The highest BCUT2D eigenvalue weighted by atomic mass is 16.5. The summed E-state index contributed by atoms with van der Waals surface area (Å²) in [5.41, 5.74) is 2.50. The molecule has 0 saturated carbocycles. The van der Waals surface area contributed by atoms with Gasteiger partial charge in [-0.1, -0.05) is 72.8 Å². The SMILES string of the molecule is C(=C\c1ccccc1)/CN1CCN([C@H](c2ccccc2)c2nnnn2CCCN2CCOCC2)CC1. The van der Waals surface area contributed by atoms with Crippen molar-refractivity contribution in [3.63, 3.8) is 0 Å². The molecule has 3 aromatic rings. The van der Waals surface area contributed by atoms with Crippen LogP contribution in [0.2, 0.25) is 0 Å². The van der Waals surface area contributed by atoms with Gasteiger partial charge in [0.25, 0.3) is 0 Å². The van der Waals surface area contributed by atoms with Crippen LogP contribution in [0.25, 0.3) is 6.08 Å². The number of benzene rings is 2. The molecule has 8 heteroatoms. The summed E-state index contributed by atoms with van der Waals surface area (Å²) in [5, 5.41) is 13.0. The minimum atomic E-state index is 0.0617. The molecule has 36 heavy (non-hydrogen) atoms. The minimum absolute atomic E-state index is 0.0617. The maximum absolute atomic E-state index is 5.48. The largest absolute Gasteiger partial charge is 0.379 e. The van der Waals surface area contributed by atoms with Crippen LogP contribution in [0.1, 0.15) is 29.4 Å². The van der Waals surface area contributed by atoms with Gasteiger partial charge >= 0.3 is 0 Å². The van der Waals surface area contributed by atoms with Crippen LogP contribution >= 0.6 is 0 Å². The molecule has 2 saturated heterocycles. The van der Waals surface area contributed by atoms with Gasteiger partial charge in [0.2, 0.25) is 0 Å². The molecule has 1 aromatic heterocycles. The molecule has 190 valence electrons. The normalized spacial score (nSPS) is 19.1. The van der Waals surface area contributed by atoms with E-state index in [1.807, 2.05) is 4.68 Å². The van der Waals surface area contributed by atoms with Gasteiger partial charge in [0.1, 0.15) is 0 Å². The van der Waals surface area contributed by atoms with Gasteiger partial charge < -0.3 is 4.74 Å². The van der Waals surface area contributed by atoms with E-state index < -0.39 is 0 Å². The number of ether oxygens (including phenoxy) is 1. The smallest absolute Gasteiger partial charge is 0.173 e. The Bertz CT molecular complexity index is 1060. The lowest BCUT2D eigenvalue weighted by atomic mass is 10.0. The quantitative estimate of drug-likeness (QED) is 0.436. The van der Waals surface area contributed by atoms with Gasteiger partial charge in [-0.15, -0.1) is 5.10 Å². The molecule has 2 aliphatic rings. The van der Waals surface area contributed by atoms with Crippen molar-refractivity contribution in [1.29, 1.82) is 0 Å². The van der Waals surface area contributed by atoms with E-state index in [9.17, 15) is 0 Å². The number of hydrogen-bond donors (Lipinski definition) is 0. The van der Waals surface area contributed by atoms with Crippen molar-refractivity contribution >= 4 is 6.08 Å². The molecule has 2 aliphatic heterocycles. The van der Waals surface area contributed by atoms with Crippen LogP contribution in [0.4, 0.5) is 0 Å². The second-order valence-corrected chi connectivity index (χ2v) is 9.53. The molecule has 0 radical (unpaired) electrons. The Kier molecular flexibility index (Phi) is 8.86. The number of hydrogen-bond acceptors (Lipinski definition) is 7. The summed E-state index contributed by atoms with van der Waals surface area (Å²) in [4.78, 5) is 7.52. The standard InChI is InChI=1S/C28H37N7O/c1-3-9-25(10-4-1)11-7-14-32-17-19-34(20-18-32)27(26-12-5-2-6-13-26)28-29-30-31-35(28)16-8-15-33-21-23-36-24-22-33/h1-7,9-13,27H,8,14-24H2/b11-7+/t27-/m1/s1. The molecule has 0 N–H and O–H groups in total. The summed E-state index contributed by atoms with van der Waals surface area (Å²) in [5.74, 6) is 0.945. The Hall–Kier alpha value is -2.91. The zero-order chi connectivity index (χ0) is 24.4. The lowest BCUT2D eigenvalue weighted by Gasteiger charge is -2.38. The second-order valence-electron chi connectivity index (χ2n) is 9.53. The first-order chi connectivity index (χ1) is 17.9. The fraction of sp³-hybridized carbons (Fsp3) is 0.464. The number of piperazine rings is 1. The molecule has 8 nitrogen and oxygen atoms in total. The number of rotatable bonds is 10. The van der Waals surface area contributed by atoms with Crippen molar-refractivity contribution in [2.75, 3.05) is 65.6 Å². The number of aromatic nitrogens is 4. The number of aryl methyl sites for hydroxylation is 1. The van der Waals surface area contributed by atoms with Crippen LogP contribution in [0, 0.1) is 0 Å². The third-order valence-corrected chi connectivity index (χ3v) is 7.11. The van der Waals surface area contributed by atoms with Crippen LogP contribution in [0.3, 0.4) is 0 Å². The predicted octanol–water partition coefficient (Wildman–Crippen LogP) is 2.82. The first-order valence-electron chi connectivity index (χ1n) is 13.2. The van der Waals surface area contributed by atoms with Crippen molar-refractivity contribution < 1.29 is 4.74 Å². The van der Waals surface area contributed by atoms with Crippen LogP contribution in [-0.2, 0) is 11.3 Å². The maximum Gasteiger partial charge on any atom is 0.173 e. The topological polar surface area (TPSA) is 62.6 Å². The van der Waals surface area contributed by atoms with E-state index in [4.69, 9.17) is 4.74 Å². The van der Waals surface area contributed by atoms with Gasteiger partial charge in [-0.05, 0) is 28.0 Å². The minimum Gasteiger partial charge on any atom is -0.379 e. The van der Waals surface area contributed by atoms with E-state index in [2.05, 4.69) is 103 Å². The van der Waals surface area contributed by atoms with Crippen molar-refractivity contribution in [2.45, 2.75) is 19.0 Å². The molecule has 0 spiro atoms. The van der Waals surface area contributed by atoms with Crippen molar-refractivity contribution in [2.24, 2.45) is 0 Å². The van der Waals surface area contributed by atoms with Gasteiger partial charge in [-0.3, -0.25) is 14.7 Å². The van der Waals surface area contributed by atoms with Crippen molar-refractivity contribution in [3.05, 3.63) is 83.7 Å². The number of morpholine rings is 1. The summed E-state index contributed by atoms with van der Waals surface area (Å²) in [7, 11) is 0. The van der Waals surface area contributed by atoms with Crippen molar-refractivity contribution in [1.82, 2.24) is 34.9 Å². The van der Waals surface area contributed by atoms with Gasteiger partial charge in [-0.25, -0.2) is 4.68 Å². The molecular formula is C28H37N7O. The summed E-state index contributed by atoms with van der Waals surface area (Å²) in [6.07, 6.45) is 5.51. The van der Waals surface area contributed by atoms with Gasteiger partial charge in [0, 0.05) is 58.9 Å². The van der Waals surface area contributed by atoms with Crippen LogP contribution in [0.5, 0.6) is 0 Å². The lowest BCUT2D eigenvalue weighted by molar-refractivity contribution is 0.0367. The lowest BCUT2D eigenvalue weighted by Crippen LogP contribution is -2.48. The molecular weight excluding hydrogens is 450 g/mol. The zero-order valence-electron chi connectivity index (χ0n) is 21.0. The average molecular weight is 488 g/mol. The number of tetrazole rings is 1. The van der Waals surface area contributed by atoms with Gasteiger partial charge in [-0.2, -0.15) is 0 Å². The van der Waals surface area contributed by atoms with Gasteiger partial charge in [0.15, 0.2) is 5.82 Å². The zero-order valence-corrected chi connectivity index (χ0v) is 21.0. The Balaban J connectivity index is 1.22. The Labute approximate surface area is 214 Å². The summed E-state index contributed by atoms with van der Waals surface area (Å²) in [6, 6.07) is 21.3. The van der Waals surface area contributed by atoms with E-state index in [0.29, 0.717) is 0 Å². The van der Waals surface area contributed by atoms with Crippen LogP contribution in [0.15, 0.2) is 66.7 Å². The Morgan fingerprint density at radius 2 is 1.53 bits per heavy atom. The number of nitrogens with zero attached hydrogens (tertiary/aromatic N) is 7. The molecule has 0 amide bonds. The highest BCUT2D eigenvalue weighted by molar-refractivity contribution is 5.48. The van der Waals surface area contributed by atoms with E-state index in [-0.39, 0.29) is 6.04 Å². The summed E-state index contributed by atoms with van der Waals surface area (Å²) in [6.45, 7) is 10.6. The maximum atomic E-state index is 5.48. The fourth-order valence-corrected chi connectivity index (χ4v) is 5.10. The molecule has 0 bridgehead atoms. The van der Waals surface area contributed by atoms with E-state index >= 15 is 0 Å². The van der Waals surface area contributed by atoms with E-state index in [1.54, 1.807) is 0 Å². The fourth-order valence-electron chi connectivity index (χ4n) is 5.10. The summed E-state index contributed by atoms with van der Waals surface area (Å²) < 4.78 is 7.50.